The second-order valence-electron chi connectivity index (χ2n) is 8.09. The van der Waals surface area contributed by atoms with E-state index in [0.29, 0.717) is 38.3 Å². The molecule has 2 aromatic rings. The molecule has 3 heterocycles. The van der Waals surface area contributed by atoms with Crippen LogP contribution in [0.25, 0.3) is 5.65 Å². The third-order valence-corrected chi connectivity index (χ3v) is 6.07. The van der Waals surface area contributed by atoms with Crippen LogP contribution in [0, 0.1) is 5.92 Å². The topological polar surface area (TPSA) is 94.9 Å². The van der Waals surface area contributed by atoms with Crippen molar-refractivity contribution in [2.75, 3.05) is 39.3 Å². The van der Waals surface area contributed by atoms with Crippen LogP contribution in [0.2, 0.25) is 0 Å². The second kappa shape index (κ2) is 11.1. The number of carbonyl (C=O) groups excluding carboxylic acids is 2. The van der Waals surface area contributed by atoms with E-state index < -0.39 is 0 Å². The number of amides is 3. The highest BCUT2D eigenvalue weighted by Gasteiger charge is 2.28. The Morgan fingerprint density at radius 3 is 2.65 bits per heavy atom. The molecule has 0 aliphatic carbocycles. The number of nitrogens with zero attached hydrogens (tertiary/aromatic N) is 5. The maximum Gasteiger partial charge on any atom is 0.317 e. The van der Waals surface area contributed by atoms with Gasteiger partial charge in [0.05, 0.1) is 6.04 Å². The van der Waals surface area contributed by atoms with Crippen molar-refractivity contribution in [1.29, 1.82) is 0 Å². The summed E-state index contributed by atoms with van der Waals surface area (Å²) in [5.74, 6) is 0.793. The van der Waals surface area contributed by atoms with Crippen LogP contribution in [-0.2, 0) is 4.79 Å². The van der Waals surface area contributed by atoms with Gasteiger partial charge in [0.15, 0.2) is 11.5 Å². The summed E-state index contributed by atoms with van der Waals surface area (Å²) in [4.78, 5) is 29.3. The van der Waals surface area contributed by atoms with Crippen LogP contribution in [-0.4, -0.2) is 75.6 Å². The van der Waals surface area contributed by atoms with Gasteiger partial charge in [0.1, 0.15) is 0 Å². The number of carbonyl (C=O) groups is 2. The number of hydrogen-bond donors (Lipinski definition) is 2. The Labute approximate surface area is 184 Å². The van der Waals surface area contributed by atoms with E-state index in [0.717, 1.165) is 31.7 Å². The first-order valence-corrected chi connectivity index (χ1v) is 11.4. The Balaban J connectivity index is 1.40. The van der Waals surface area contributed by atoms with Gasteiger partial charge in [-0.25, -0.2) is 4.79 Å². The summed E-state index contributed by atoms with van der Waals surface area (Å²) in [6.45, 7) is 11.2. The third kappa shape index (κ3) is 5.94. The van der Waals surface area contributed by atoms with Gasteiger partial charge in [0.2, 0.25) is 5.91 Å². The number of urea groups is 1. The molecule has 2 aromatic heterocycles. The fraction of sp³-hybridized carbons (Fsp3) is 0.636. The summed E-state index contributed by atoms with van der Waals surface area (Å²) in [7, 11) is 0. The third-order valence-electron chi connectivity index (χ3n) is 6.07. The van der Waals surface area contributed by atoms with Crippen molar-refractivity contribution in [3.63, 3.8) is 0 Å². The van der Waals surface area contributed by atoms with Gasteiger partial charge >= 0.3 is 6.03 Å². The Morgan fingerprint density at radius 1 is 1.19 bits per heavy atom. The van der Waals surface area contributed by atoms with E-state index in [1.54, 1.807) is 4.90 Å². The molecule has 0 aromatic carbocycles. The highest BCUT2D eigenvalue weighted by molar-refractivity contribution is 5.79. The molecule has 9 heteroatoms. The lowest BCUT2D eigenvalue weighted by molar-refractivity contribution is -0.126. The molecule has 0 radical (unpaired) electrons. The van der Waals surface area contributed by atoms with Crippen molar-refractivity contribution in [3.8, 4) is 0 Å². The zero-order valence-corrected chi connectivity index (χ0v) is 18.9. The van der Waals surface area contributed by atoms with Crippen LogP contribution in [0.1, 0.15) is 51.9 Å². The normalized spacial score (nSPS) is 15.9. The highest BCUT2D eigenvalue weighted by Crippen LogP contribution is 2.19. The molecular formula is C22H35N7O2. The van der Waals surface area contributed by atoms with Gasteiger partial charge in [0, 0.05) is 31.7 Å². The Hall–Kier alpha value is -2.68. The Kier molecular flexibility index (Phi) is 8.22. The van der Waals surface area contributed by atoms with Crippen LogP contribution < -0.4 is 10.6 Å². The molecule has 3 amide bonds. The molecule has 9 nitrogen and oxygen atoms in total. The number of rotatable bonds is 9. The average Bonchev–Trinajstić information content (AvgIpc) is 3.23. The average molecular weight is 430 g/mol. The summed E-state index contributed by atoms with van der Waals surface area (Å²) in [6.07, 6.45) is 4.23. The molecule has 0 bridgehead atoms. The monoisotopic (exact) mass is 429 g/mol. The number of nitrogens with one attached hydrogen (secondary N) is 2. The van der Waals surface area contributed by atoms with Crippen molar-refractivity contribution >= 4 is 17.6 Å². The molecular weight excluding hydrogens is 394 g/mol. The van der Waals surface area contributed by atoms with E-state index in [1.165, 1.54) is 0 Å². The van der Waals surface area contributed by atoms with Gasteiger partial charge in [0.25, 0.3) is 0 Å². The molecule has 1 aliphatic heterocycles. The fourth-order valence-electron chi connectivity index (χ4n) is 4.04. The molecule has 1 atom stereocenters. The summed E-state index contributed by atoms with van der Waals surface area (Å²) < 4.78 is 1.88. The van der Waals surface area contributed by atoms with Gasteiger partial charge in [-0.2, -0.15) is 0 Å². The number of hydrogen-bond acceptors (Lipinski definition) is 5. The summed E-state index contributed by atoms with van der Waals surface area (Å²) in [5.41, 5.74) is 0.752. The molecule has 2 N–H and O–H groups in total. The maximum absolute atomic E-state index is 12.7. The predicted octanol–water partition coefficient (Wildman–Crippen LogP) is 2.06. The Morgan fingerprint density at radius 2 is 1.94 bits per heavy atom. The molecule has 1 aliphatic rings. The SMILES string of the molecule is CCN(CC)CCCNC(=O)C1CCN(C(=O)NC(C)c2nnc3ccccn23)CC1. The van der Waals surface area contributed by atoms with Gasteiger partial charge in [-0.1, -0.05) is 19.9 Å². The van der Waals surface area contributed by atoms with Gasteiger partial charge < -0.3 is 20.4 Å². The highest BCUT2D eigenvalue weighted by atomic mass is 16.2. The van der Waals surface area contributed by atoms with Gasteiger partial charge in [-0.15, -0.1) is 10.2 Å². The molecule has 1 fully saturated rings. The number of fused-ring (bicyclic) bond motifs is 1. The minimum Gasteiger partial charge on any atom is -0.356 e. The van der Waals surface area contributed by atoms with E-state index in [9.17, 15) is 9.59 Å². The summed E-state index contributed by atoms with van der Waals surface area (Å²) in [5, 5.41) is 14.4. The quantitative estimate of drug-likeness (QED) is 0.595. The number of pyridine rings is 1. The summed E-state index contributed by atoms with van der Waals surface area (Å²) >= 11 is 0. The molecule has 3 rings (SSSR count). The van der Waals surface area contributed by atoms with E-state index in [1.807, 2.05) is 35.7 Å². The van der Waals surface area contributed by atoms with Crippen molar-refractivity contribution in [1.82, 2.24) is 35.0 Å². The van der Waals surface area contributed by atoms with Crippen molar-refractivity contribution in [2.24, 2.45) is 5.92 Å². The van der Waals surface area contributed by atoms with E-state index in [-0.39, 0.29) is 23.9 Å². The van der Waals surface area contributed by atoms with Crippen LogP contribution in [0.5, 0.6) is 0 Å². The maximum atomic E-state index is 12.7. The van der Waals surface area contributed by atoms with Crippen molar-refractivity contribution in [2.45, 2.75) is 46.1 Å². The predicted molar refractivity (Wildman–Crippen MR) is 120 cm³/mol. The van der Waals surface area contributed by atoms with Gasteiger partial charge in [-0.05, 0) is 58.0 Å². The standard InChI is InChI=1S/C22H35N7O2/c1-4-27(5-2)13-8-12-23-21(30)18-10-15-28(16-11-18)22(31)24-17(3)20-26-25-19-9-6-7-14-29(19)20/h6-7,9,14,17-18H,4-5,8,10-13,15-16H2,1-3H3,(H,23,30)(H,24,31). The number of piperidine rings is 1. The second-order valence-corrected chi connectivity index (χ2v) is 8.09. The molecule has 0 saturated carbocycles. The smallest absolute Gasteiger partial charge is 0.317 e. The molecule has 31 heavy (non-hydrogen) atoms. The van der Waals surface area contributed by atoms with Crippen molar-refractivity contribution in [3.05, 3.63) is 30.2 Å². The number of likely N-dealkylation sites (tertiary alicyclic amines) is 1. The van der Waals surface area contributed by atoms with Gasteiger partial charge in [-0.3, -0.25) is 9.20 Å². The molecule has 1 saturated heterocycles. The van der Waals surface area contributed by atoms with E-state index in [4.69, 9.17) is 0 Å². The minimum atomic E-state index is -0.267. The largest absolute Gasteiger partial charge is 0.356 e. The number of aromatic nitrogens is 3. The van der Waals surface area contributed by atoms with E-state index >= 15 is 0 Å². The van der Waals surface area contributed by atoms with Crippen LogP contribution in [0.3, 0.4) is 0 Å². The minimum absolute atomic E-state index is 0.0182. The van der Waals surface area contributed by atoms with Crippen LogP contribution >= 0.6 is 0 Å². The zero-order valence-electron chi connectivity index (χ0n) is 18.9. The first kappa shape index (κ1) is 23.0. The van der Waals surface area contributed by atoms with Crippen LogP contribution in [0.15, 0.2) is 24.4 Å². The summed E-state index contributed by atoms with van der Waals surface area (Å²) in [6, 6.07) is 5.30. The lowest BCUT2D eigenvalue weighted by Gasteiger charge is -2.32. The van der Waals surface area contributed by atoms with E-state index in [2.05, 4.69) is 39.6 Å². The lowest BCUT2D eigenvalue weighted by Crippen LogP contribution is -2.47. The Bertz CT molecular complexity index is 856. The molecule has 1 unspecified atom stereocenters. The molecule has 170 valence electrons. The lowest BCUT2D eigenvalue weighted by atomic mass is 9.96. The molecule has 0 spiro atoms. The zero-order chi connectivity index (χ0) is 22.2. The van der Waals surface area contributed by atoms with Crippen molar-refractivity contribution < 1.29 is 9.59 Å². The first-order chi connectivity index (χ1) is 15.0. The first-order valence-electron chi connectivity index (χ1n) is 11.4. The van der Waals surface area contributed by atoms with Crippen LogP contribution in [0.4, 0.5) is 4.79 Å². The fourth-order valence-corrected chi connectivity index (χ4v) is 4.04.